The SMILES string of the molecule is CC[C@H](C)[C@H](N[C@H](C)OC(=O)N(c1nc2ccc(-c3ccc(NC(=O)[C@H](C)c4ccc(F)cc4)cc3)cn2n1)c1ccc(S(C)(=O)=O)cc1OC)C(=O)O. The monoisotopic (exact) mass is 760 g/mol. The highest BCUT2D eigenvalue weighted by molar-refractivity contribution is 7.90. The molecule has 3 N–H and O–H groups in total. The molecule has 284 valence electrons. The number of hydrogen-bond donors (Lipinski definition) is 3. The second-order valence-corrected chi connectivity index (χ2v) is 14.8. The van der Waals surface area contributed by atoms with Gasteiger partial charge in [-0.25, -0.2) is 27.0 Å². The van der Waals surface area contributed by atoms with Crippen LogP contribution in [-0.4, -0.2) is 71.7 Å². The van der Waals surface area contributed by atoms with Crippen molar-refractivity contribution in [1.82, 2.24) is 19.9 Å². The van der Waals surface area contributed by atoms with Gasteiger partial charge >= 0.3 is 12.1 Å². The number of nitrogens with zero attached hydrogens (tertiary/aromatic N) is 4. The molecule has 0 radical (unpaired) electrons. The number of carboxylic acids is 1. The van der Waals surface area contributed by atoms with Gasteiger partial charge in [0.2, 0.25) is 5.91 Å². The predicted octanol–water partition coefficient (Wildman–Crippen LogP) is 6.40. The molecule has 3 aromatic carbocycles. The van der Waals surface area contributed by atoms with Gasteiger partial charge in [0.25, 0.3) is 5.95 Å². The number of fused-ring (bicyclic) bond motifs is 1. The summed E-state index contributed by atoms with van der Waals surface area (Å²) in [6.07, 6.45) is 1.23. The minimum atomic E-state index is -3.64. The number of carboxylic acid groups (broad SMARTS) is 1. The summed E-state index contributed by atoms with van der Waals surface area (Å²) in [5, 5.41) is 20.0. The van der Waals surface area contributed by atoms with Gasteiger partial charge in [0, 0.05) is 29.8 Å². The second-order valence-electron chi connectivity index (χ2n) is 12.8. The Labute approximate surface area is 311 Å². The second kappa shape index (κ2) is 16.4. The Morgan fingerprint density at radius 3 is 2.24 bits per heavy atom. The van der Waals surface area contributed by atoms with Crippen molar-refractivity contribution in [2.45, 2.75) is 57.2 Å². The summed E-state index contributed by atoms with van der Waals surface area (Å²) in [5.74, 6) is -2.64. The summed E-state index contributed by atoms with van der Waals surface area (Å²) < 4.78 is 50.6. The molecule has 0 saturated carbocycles. The fourth-order valence-corrected chi connectivity index (χ4v) is 6.24. The van der Waals surface area contributed by atoms with Gasteiger partial charge in [-0.15, -0.1) is 5.10 Å². The van der Waals surface area contributed by atoms with Crippen molar-refractivity contribution < 1.29 is 41.8 Å². The Hall–Kier alpha value is -5.87. The maximum absolute atomic E-state index is 13.9. The van der Waals surface area contributed by atoms with Crippen molar-refractivity contribution in [3.05, 3.63) is 96.4 Å². The van der Waals surface area contributed by atoms with Crippen LogP contribution in [0.25, 0.3) is 16.8 Å². The van der Waals surface area contributed by atoms with E-state index in [-0.39, 0.29) is 39.9 Å². The van der Waals surface area contributed by atoms with Crippen molar-refractivity contribution in [2.75, 3.05) is 23.6 Å². The van der Waals surface area contributed by atoms with Gasteiger partial charge in [0.15, 0.2) is 21.7 Å². The lowest BCUT2D eigenvalue weighted by Crippen LogP contribution is -2.48. The van der Waals surface area contributed by atoms with E-state index in [0.29, 0.717) is 23.3 Å². The number of nitrogens with one attached hydrogen (secondary N) is 2. The quantitative estimate of drug-likeness (QED) is 0.107. The average molecular weight is 761 g/mol. The number of aromatic nitrogens is 3. The van der Waals surface area contributed by atoms with Crippen LogP contribution in [-0.2, 0) is 24.2 Å². The Morgan fingerprint density at radius 1 is 0.963 bits per heavy atom. The zero-order valence-corrected chi connectivity index (χ0v) is 31.3. The Balaban J connectivity index is 1.44. The third-order valence-corrected chi connectivity index (χ3v) is 10.1. The minimum absolute atomic E-state index is 0.0114. The normalized spacial score (nSPS) is 13.8. The van der Waals surface area contributed by atoms with Crippen molar-refractivity contribution in [3.63, 3.8) is 0 Å². The van der Waals surface area contributed by atoms with Gasteiger partial charge in [-0.1, -0.05) is 44.5 Å². The van der Waals surface area contributed by atoms with E-state index >= 15 is 0 Å². The van der Waals surface area contributed by atoms with Gasteiger partial charge in [0.05, 0.1) is 23.6 Å². The Bertz CT molecular complexity index is 2260. The highest BCUT2D eigenvalue weighted by atomic mass is 32.2. The van der Waals surface area contributed by atoms with E-state index in [2.05, 4.69) is 20.7 Å². The molecule has 0 aliphatic rings. The number of aliphatic carboxylic acids is 1. The number of rotatable bonds is 14. The first-order chi connectivity index (χ1) is 25.6. The number of halogens is 1. The van der Waals surface area contributed by atoms with E-state index in [1.54, 1.807) is 56.4 Å². The van der Waals surface area contributed by atoms with Crippen LogP contribution in [0, 0.1) is 11.7 Å². The Kier molecular flexibility index (Phi) is 12.0. The molecule has 14 nitrogen and oxygen atoms in total. The van der Waals surface area contributed by atoms with Crippen LogP contribution in [0.5, 0.6) is 5.75 Å². The van der Waals surface area contributed by atoms with Crippen LogP contribution < -0.4 is 20.3 Å². The highest BCUT2D eigenvalue weighted by Crippen LogP contribution is 2.36. The molecule has 2 amide bonds. The number of methoxy groups -OCH3 is 1. The third kappa shape index (κ3) is 9.01. The fourth-order valence-electron chi connectivity index (χ4n) is 5.60. The molecule has 2 aromatic heterocycles. The first kappa shape index (κ1) is 39.3. The summed E-state index contributed by atoms with van der Waals surface area (Å²) in [6.45, 7) is 6.84. The number of hydrogen-bond acceptors (Lipinski definition) is 10. The standard InChI is InChI=1S/C38H41FN6O8S/c1-7-22(2)34(36(47)48)40-24(4)53-38(49)45(31-18-17-30(54(6,50)51)20-32(31)52-5)37-42-33-19-12-27(21-44(33)43-37)26-10-15-29(16-11-26)41-35(46)23(3)25-8-13-28(39)14-9-25/h8-24,34,40H,7H2,1-6H3,(H,41,46)(H,47,48)/t22-,23+,24-,34-/m0/s1. The Morgan fingerprint density at radius 2 is 1.63 bits per heavy atom. The van der Waals surface area contributed by atoms with Gasteiger partial charge in [-0.2, -0.15) is 4.98 Å². The van der Waals surface area contributed by atoms with Crippen molar-refractivity contribution in [3.8, 4) is 16.9 Å². The van der Waals surface area contributed by atoms with Crippen molar-refractivity contribution in [1.29, 1.82) is 0 Å². The van der Waals surface area contributed by atoms with Crippen LogP contribution in [0.2, 0.25) is 0 Å². The van der Waals surface area contributed by atoms with Crippen LogP contribution >= 0.6 is 0 Å². The van der Waals surface area contributed by atoms with Gasteiger partial charge in [-0.3, -0.25) is 14.9 Å². The molecule has 0 fully saturated rings. The maximum Gasteiger partial charge on any atom is 0.423 e. The zero-order chi connectivity index (χ0) is 39.3. The van der Waals surface area contributed by atoms with E-state index in [1.807, 2.05) is 19.1 Å². The van der Waals surface area contributed by atoms with Gasteiger partial charge in [0.1, 0.15) is 17.6 Å². The number of amides is 2. The molecule has 0 bridgehead atoms. The molecule has 5 rings (SSSR count). The van der Waals surface area contributed by atoms with Crippen LogP contribution in [0.1, 0.15) is 45.6 Å². The molecule has 0 saturated heterocycles. The topological polar surface area (TPSA) is 182 Å². The van der Waals surface area contributed by atoms with E-state index in [9.17, 15) is 32.3 Å². The number of sulfone groups is 1. The van der Waals surface area contributed by atoms with E-state index < -0.39 is 40.1 Å². The molecule has 54 heavy (non-hydrogen) atoms. The number of benzene rings is 3. The molecule has 4 atom stereocenters. The molecule has 2 heterocycles. The van der Waals surface area contributed by atoms with Crippen molar-refractivity contribution in [2.24, 2.45) is 5.92 Å². The van der Waals surface area contributed by atoms with Crippen molar-refractivity contribution >= 4 is 50.8 Å². The summed E-state index contributed by atoms with van der Waals surface area (Å²) in [5.41, 5.74) is 3.17. The number of ether oxygens (including phenoxy) is 2. The zero-order valence-electron chi connectivity index (χ0n) is 30.5. The van der Waals surface area contributed by atoms with Crippen LogP contribution in [0.4, 0.5) is 26.5 Å². The largest absolute Gasteiger partial charge is 0.495 e. The van der Waals surface area contributed by atoms with E-state index in [1.165, 1.54) is 48.9 Å². The summed E-state index contributed by atoms with van der Waals surface area (Å²) in [7, 11) is -2.33. The smallest absolute Gasteiger partial charge is 0.423 e. The summed E-state index contributed by atoms with van der Waals surface area (Å²) >= 11 is 0. The number of anilines is 3. The summed E-state index contributed by atoms with van der Waals surface area (Å²) in [4.78, 5) is 44.2. The predicted molar refractivity (Wildman–Crippen MR) is 200 cm³/mol. The van der Waals surface area contributed by atoms with Crippen LogP contribution in [0.15, 0.2) is 90.0 Å². The molecular formula is C38H41FN6O8S. The number of carbonyl (C=O) groups is 3. The third-order valence-electron chi connectivity index (χ3n) is 8.94. The molecular weight excluding hydrogens is 720 g/mol. The lowest BCUT2D eigenvalue weighted by molar-refractivity contribution is -0.142. The first-order valence-corrected chi connectivity index (χ1v) is 18.9. The fraction of sp³-hybridized carbons (Fsp3) is 0.289. The minimum Gasteiger partial charge on any atom is -0.495 e. The molecule has 0 spiro atoms. The summed E-state index contributed by atoms with van der Waals surface area (Å²) in [6, 6.07) is 19.3. The lowest BCUT2D eigenvalue weighted by atomic mass is 9.99. The lowest BCUT2D eigenvalue weighted by Gasteiger charge is -2.27. The van der Waals surface area contributed by atoms with Gasteiger partial charge < -0.3 is 19.9 Å². The maximum atomic E-state index is 13.9. The highest BCUT2D eigenvalue weighted by Gasteiger charge is 2.31. The molecule has 0 aliphatic carbocycles. The van der Waals surface area contributed by atoms with E-state index in [4.69, 9.17) is 9.47 Å². The molecule has 5 aromatic rings. The number of carbonyl (C=O) groups excluding carboxylic acids is 2. The molecule has 16 heteroatoms. The van der Waals surface area contributed by atoms with Crippen LogP contribution in [0.3, 0.4) is 0 Å². The number of pyridine rings is 1. The molecule has 0 aliphatic heterocycles. The average Bonchev–Trinajstić information content (AvgIpc) is 3.56. The molecule has 0 unspecified atom stereocenters. The van der Waals surface area contributed by atoms with Gasteiger partial charge in [-0.05, 0) is 79.4 Å². The first-order valence-electron chi connectivity index (χ1n) is 17.0. The van der Waals surface area contributed by atoms with E-state index in [0.717, 1.165) is 22.3 Å².